The average Bonchev–Trinajstić information content (AvgIpc) is 2.66. The Labute approximate surface area is 172 Å². The van der Waals surface area contributed by atoms with Crippen molar-refractivity contribution < 1.29 is 39.0 Å². The summed E-state index contributed by atoms with van der Waals surface area (Å²) in [7, 11) is 0. The minimum Gasteiger partial charge on any atom is -0.481 e. The Kier molecular flexibility index (Phi) is 11.7. The largest absolute Gasteiger partial charge is 0.481 e. The molecule has 0 saturated carbocycles. The Morgan fingerprint density at radius 3 is 2.03 bits per heavy atom. The van der Waals surface area contributed by atoms with Crippen LogP contribution in [0.4, 0.5) is 0 Å². The normalized spacial score (nSPS) is 14.5. The lowest BCUT2D eigenvalue weighted by Gasteiger charge is -2.21. The summed E-state index contributed by atoms with van der Waals surface area (Å²) in [6.45, 7) is 3.04. The maximum atomic E-state index is 12.3. The summed E-state index contributed by atoms with van der Waals surface area (Å²) >= 11 is 0. The third-order valence-electron chi connectivity index (χ3n) is 4.31. The third-order valence-corrected chi connectivity index (χ3v) is 4.31. The molecular formula is C17H29N5O8. The Morgan fingerprint density at radius 2 is 1.57 bits per heavy atom. The van der Waals surface area contributed by atoms with E-state index in [1.54, 1.807) is 6.92 Å². The van der Waals surface area contributed by atoms with E-state index >= 15 is 0 Å². The van der Waals surface area contributed by atoms with Gasteiger partial charge in [-0.05, 0) is 12.3 Å². The molecule has 0 rings (SSSR count). The molecule has 0 aliphatic heterocycles. The van der Waals surface area contributed by atoms with Crippen molar-refractivity contribution >= 4 is 35.6 Å². The van der Waals surface area contributed by atoms with E-state index in [2.05, 4.69) is 16.0 Å². The standard InChI is InChI=1S/C17H29N5O8/c1-3-8(2)14(19)16(28)20-7-12(24)21-10(6-13(25)26)15(27)22-9(17(29)30)4-5-11(18)23/h8-10,14H,3-7,19H2,1-2H3,(H2,18,23)(H,20,28)(H,21,24)(H,22,27)(H,25,26)(H,29,30)/t8-,9-,10-,14-/m0/s1. The molecule has 0 fully saturated rings. The van der Waals surface area contributed by atoms with E-state index < -0.39 is 66.7 Å². The number of hydrogen-bond acceptors (Lipinski definition) is 7. The van der Waals surface area contributed by atoms with Gasteiger partial charge in [-0.25, -0.2) is 4.79 Å². The van der Waals surface area contributed by atoms with Gasteiger partial charge >= 0.3 is 11.9 Å². The fourth-order valence-corrected chi connectivity index (χ4v) is 2.24. The van der Waals surface area contributed by atoms with E-state index in [0.717, 1.165) is 0 Å². The molecule has 0 aliphatic carbocycles. The van der Waals surface area contributed by atoms with E-state index in [9.17, 15) is 28.8 Å². The van der Waals surface area contributed by atoms with Crippen molar-refractivity contribution in [3.8, 4) is 0 Å². The highest BCUT2D eigenvalue weighted by atomic mass is 16.4. The van der Waals surface area contributed by atoms with E-state index in [1.165, 1.54) is 0 Å². The molecule has 0 radical (unpaired) electrons. The molecule has 0 aliphatic rings. The monoisotopic (exact) mass is 431 g/mol. The van der Waals surface area contributed by atoms with E-state index in [1.807, 2.05) is 6.92 Å². The molecule has 30 heavy (non-hydrogen) atoms. The van der Waals surface area contributed by atoms with Crippen LogP contribution in [-0.4, -0.2) is 70.5 Å². The molecule has 0 saturated heterocycles. The summed E-state index contributed by atoms with van der Waals surface area (Å²) in [6, 6.07) is -3.96. The predicted molar refractivity (Wildman–Crippen MR) is 103 cm³/mol. The summed E-state index contributed by atoms with van der Waals surface area (Å²) in [5.41, 5.74) is 10.7. The van der Waals surface area contributed by atoms with Gasteiger partial charge in [-0.15, -0.1) is 0 Å². The predicted octanol–water partition coefficient (Wildman–Crippen LogP) is -2.73. The molecule has 0 aromatic rings. The average molecular weight is 431 g/mol. The smallest absolute Gasteiger partial charge is 0.326 e. The number of carboxylic acid groups (broad SMARTS) is 2. The number of rotatable bonds is 14. The van der Waals surface area contributed by atoms with Gasteiger partial charge in [-0.1, -0.05) is 20.3 Å². The number of amides is 4. The second-order valence-electron chi connectivity index (χ2n) is 6.75. The van der Waals surface area contributed by atoms with Gasteiger partial charge in [0.25, 0.3) is 0 Å². The van der Waals surface area contributed by atoms with Gasteiger partial charge in [0, 0.05) is 6.42 Å². The molecule has 9 N–H and O–H groups in total. The second-order valence-corrected chi connectivity index (χ2v) is 6.75. The van der Waals surface area contributed by atoms with Crippen molar-refractivity contribution in [2.75, 3.05) is 6.54 Å². The number of nitrogens with two attached hydrogens (primary N) is 2. The van der Waals surface area contributed by atoms with Gasteiger partial charge in [0.05, 0.1) is 19.0 Å². The van der Waals surface area contributed by atoms with Crippen molar-refractivity contribution in [1.82, 2.24) is 16.0 Å². The zero-order chi connectivity index (χ0) is 23.4. The van der Waals surface area contributed by atoms with Crippen molar-refractivity contribution in [2.24, 2.45) is 17.4 Å². The van der Waals surface area contributed by atoms with Crippen molar-refractivity contribution in [3.05, 3.63) is 0 Å². The molecule has 0 aromatic heterocycles. The fraction of sp³-hybridized carbons (Fsp3) is 0.647. The third kappa shape index (κ3) is 10.4. The summed E-state index contributed by atoms with van der Waals surface area (Å²) < 4.78 is 0. The lowest BCUT2D eigenvalue weighted by Crippen LogP contribution is -2.54. The van der Waals surface area contributed by atoms with Gasteiger partial charge in [-0.3, -0.25) is 24.0 Å². The van der Waals surface area contributed by atoms with Crippen LogP contribution in [0, 0.1) is 5.92 Å². The Bertz CT molecular complexity index is 669. The minimum atomic E-state index is -1.61. The zero-order valence-electron chi connectivity index (χ0n) is 16.8. The molecule has 13 heteroatoms. The van der Waals surface area contributed by atoms with Crippen LogP contribution < -0.4 is 27.4 Å². The molecule has 0 bridgehead atoms. The molecule has 13 nitrogen and oxygen atoms in total. The van der Waals surface area contributed by atoms with Crippen LogP contribution in [0.5, 0.6) is 0 Å². The fourth-order valence-electron chi connectivity index (χ4n) is 2.24. The highest BCUT2D eigenvalue weighted by Crippen LogP contribution is 2.05. The molecular weight excluding hydrogens is 402 g/mol. The van der Waals surface area contributed by atoms with E-state index in [4.69, 9.17) is 21.7 Å². The van der Waals surface area contributed by atoms with Crippen LogP contribution in [0.2, 0.25) is 0 Å². The molecule has 170 valence electrons. The Morgan fingerprint density at radius 1 is 0.967 bits per heavy atom. The van der Waals surface area contributed by atoms with Crippen LogP contribution in [0.25, 0.3) is 0 Å². The van der Waals surface area contributed by atoms with Crippen molar-refractivity contribution in [2.45, 2.75) is 57.7 Å². The van der Waals surface area contributed by atoms with Gasteiger partial charge in [-0.2, -0.15) is 0 Å². The first-order valence-corrected chi connectivity index (χ1v) is 9.24. The number of carbonyl (C=O) groups is 6. The van der Waals surface area contributed by atoms with Crippen LogP contribution in [0.1, 0.15) is 39.5 Å². The van der Waals surface area contributed by atoms with Gasteiger partial charge < -0.3 is 37.6 Å². The Balaban J connectivity index is 4.97. The number of aliphatic carboxylic acids is 2. The summed E-state index contributed by atoms with van der Waals surface area (Å²) in [5.74, 6) is -6.34. The number of carboxylic acids is 2. The van der Waals surface area contributed by atoms with Gasteiger partial charge in [0.15, 0.2) is 0 Å². The minimum absolute atomic E-state index is 0.132. The lowest BCUT2D eigenvalue weighted by molar-refractivity contribution is -0.143. The zero-order valence-corrected chi connectivity index (χ0v) is 16.8. The van der Waals surface area contributed by atoms with Gasteiger partial charge in [0.1, 0.15) is 12.1 Å². The van der Waals surface area contributed by atoms with Crippen molar-refractivity contribution in [1.29, 1.82) is 0 Å². The first-order chi connectivity index (χ1) is 13.9. The number of nitrogens with one attached hydrogen (secondary N) is 3. The van der Waals surface area contributed by atoms with Crippen LogP contribution in [0.3, 0.4) is 0 Å². The van der Waals surface area contributed by atoms with E-state index in [-0.39, 0.29) is 18.8 Å². The lowest BCUT2D eigenvalue weighted by atomic mass is 9.99. The molecule has 4 atom stereocenters. The molecule has 0 aromatic carbocycles. The van der Waals surface area contributed by atoms with Gasteiger partial charge in [0.2, 0.25) is 23.6 Å². The number of primary amides is 1. The first-order valence-electron chi connectivity index (χ1n) is 9.24. The molecule has 4 amide bonds. The van der Waals surface area contributed by atoms with Crippen LogP contribution >= 0.6 is 0 Å². The molecule has 0 unspecified atom stereocenters. The first kappa shape index (κ1) is 26.8. The summed E-state index contributed by atoms with van der Waals surface area (Å²) in [6.07, 6.45) is -0.828. The summed E-state index contributed by atoms with van der Waals surface area (Å²) in [4.78, 5) is 69.2. The SMILES string of the molecule is CC[C@H](C)[C@H](N)C(=O)NCC(=O)N[C@@H](CC(=O)O)C(=O)N[C@@H](CCC(N)=O)C(=O)O. The molecule has 0 spiro atoms. The van der Waals surface area contributed by atoms with Crippen molar-refractivity contribution in [3.63, 3.8) is 0 Å². The second kappa shape index (κ2) is 13.1. The van der Waals surface area contributed by atoms with Crippen LogP contribution in [-0.2, 0) is 28.8 Å². The topological polar surface area (TPSA) is 231 Å². The van der Waals surface area contributed by atoms with E-state index in [0.29, 0.717) is 6.42 Å². The quantitative estimate of drug-likeness (QED) is 0.151. The maximum absolute atomic E-state index is 12.3. The maximum Gasteiger partial charge on any atom is 0.326 e. The Hall–Kier alpha value is -3.22. The number of carbonyl (C=O) groups excluding carboxylic acids is 4. The highest BCUT2D eigenvalue weighted by Gasteiger charge is 2.29. The van der Waals surface area contributed by atoms with Crippen LogP contribution in [0.15, 0.2) is 0 Å². The molecule has 0 heterocycles. The summed E-state index contributed by atoms with van der Waals surface area (Å²) in [5, 5.41) is 24.5. The number of hydrogen-bond donors (Lipinski definition) is 7. The highest BCUT2D eigenvalue weighted by molar-refractivity contribution is 5.94.